The molecule has 1 N–H and O–H groups in total. The number of thiophene rings is 1. The molecule has 0 aliphatic carbocycles. The van der Waals surface area contributed by atoms with E-state index in [1.807, 2.05) is 5.38 Å². The van der Waals surface area contributed by atoms with Gasteiger partial charge in [-0.15, -0.1) is 0 Å². The Kier molecular flexibility index (Phi) is 3.71. The summed E-state index contributed by atoms with van der Waals surface area (Å²) in [5.74, 6) is -0.0463. The monoisotopic (exact) mass is 266 g/mol. The lowest BCUT2D eigenvalue weighted by molar-refractivity contribution is -0.137. The highest BCUT2D eigenvalue weighted by Gasteiger charge is 2.36. The van der Waals surface area contributed by atoms with Crippen molar-refractivity contribution in [2.45, 2.75) is 32.2 Å². The minimum atomic E-state index is -0.789. The van der Waals surface area contributed by atoms with Gasteiger partial charge < -0.3 is 10.2 Å². The fraction of sp³-hybridized carbons (Fsp3) is 0.538. The van der Waals surface area contributed by atoms with Gasteiger partial charge in [-0.3, -0.25) is 9.59 Å². The number of carbonyl (C=O) groups excluding carboxylic acids is 2. The van der Waals surface area contributed by atoms with Gasteiger partial charge in [-0.05, 0) is 42.7 Å². The average Bonchev–Trinajstić information content (AvgIpc) is 2.77. The quantitative estimate of drug-likeness (QED) is 0.899. The van der Waals surface area contributed by atoms with Gasteiger partial charge in [0, 0.05) is 19.5 Å². The molecule has 1 fully saturated rings. The predicted octanol–water partition coefficient (Wildman–Crippen LogP) is 1.42. The zero-order chi connectivity index (χ0) is 13.2. The molecular formula is C13H18N2O2S. The van der Waals surface area contributed by atoms with Gasteiger partial charge in [0.25, 0.3) is 0 Å². The number of nitrogens with one attached hydrogen (secondary N) is 1. The first-order chi connectivity index (χ1) is 8.49. The first-order valence-electron chi connectivity index (χ1n) is 6.10. The number of hydrogen-bond acceptors (Lipinski definition) is 3. The van der Waals surface area contributed by atoms with E-state index < -0.39 is 5.54 Å². The first-order valence-corrected chi connectivity index (χ1v) is 7.05. The standard InChI is InChI=1S/C13H18N2O2S/c1-13(2)12(17)15(7-4-11(16)14-13)6-3-10-5-8-18-9-10/h5,8-9H,3-4,6-7H2,1-2H3,(H,14,16). The lowest BCUT2D eigenvalue weighted by Gasteiger charge is -2.28. The summed E-state index contributed by atoms with van der Waals surface area (Å²) in [5.41, 5.74) is 0.455. The number of rotatable bonds is 3. The molecule has 2 amide bonds. The average molecular weight is 266 g/mol. The van der Waals surface area contributed by atoms with Crippen LogP contribution in [0.4, 0.5) is 0 Å². The summed E-state index contributed by atoms with van der Waals surface area (Å²) in [6, 6.07) is 2.07. The van der Waals surface area contributed by atoms with Crippen molar-refractivity contribution in [2.75, 3.05) is 13.1 Å². The van der Waals surface area contributed by atoms with Crippen molar-refractivity contribution in [1.29, 1.82) is 0 Å². The summed E-state index contributed by atoms with van der Waals surface area (Å²) in [6.07, 6.45) is 1.23. The molecule has 5 heteroatoms. The second-order valence-corrected chi connectivity index (χ2v) is 5.88. The molecule has 18 heavy (non-hydrogen) atoms. The van der Waals surface area contributed by atoms with E-state index >= 15 is 0 Å². The summed E-state index contributed by atoms with van der Waals surface area (Å²) in [7, 11) is 0. The van der Waals surface area contributed by atoms with E-state index in [9.17, 15) is 9.59 Å². The highest BCUT2D eigenvalue weighted by Crippen LogP contribution is 2.15. The number of amides is 2. The molecule has 98 valence electrons. The molecule has 2 heterocycles. The van der Waals surface area contributed by atoms with Crippen LogP contribution in [0.3, 0.4) is 0 Å². The summed E-state index contributed by atoms with van der Waals surface area (Å²) in [6.45, 7) is 4.71. The van der Waals surface area contributed by atoms with E-state index in [0.717, 1.165) is 6.42 Å². The molecule has 0 radical (unpaired) electrons. The minimum absolute atomic E-state index is 0.00331. The Morgan fingerprint density at radius 1 is 1.44 bits per heavy atom. The lowest BCUT2D eigenvalue weighted by Crippen LogP contribution is -2.53. The van der Waals surface area contributed by atoms with E-state index in [0.29, 0.717) is 19.5 Å². The van der Waals surface area contributed by atoms with Gasteiger partial charge in [0.2, 0.25) is 11.8 Å². The van der Waals surface area contributed by atoms with Gasteiger partial charge >= 0.3 is 0 Å². The maximum atomic E-state index is 12.3. The van der Waals surface area contributed by atoms with Gasteiger partial charge in [-0.25, -0.2) is 0 Å². The molecule has 2 rings (SSSR count). The number of carbonyl (C=O) groups is 2. The highest BCUT2D eigenvalue weighted by molar-refractivity contribution is 7.07. The van der Waals surface area contributed by atoms with Crippen LogP contribution in [-0.2, 0) is 16.0 Å². The molecule has 0 atom stereocenters. The molecule has 1 saturated heterocycles. The van der Waals surface area contributed by atoms with Crippen LogP contribution in [0.5, 0.6) is 0 Å². The molecule has 1 aliphatic rings. The fourth-order valence-electron chi connectivity index (χ4n) is 2.11. The zero-order valence-electron chi connectivity index (χ0n) is 10.7. The van der Waals surface area contributed by atoms with Crippen LogP contribution >= 0.6 is 11.3 Å². The maximum absolute atomic E-state index is 12.3. The van der Waals surface area contributed by atoms with Crippen LogP contribution < -0.4 is 5.32 Å². The van der Waals surface area contributed by atoms with Gasteiger partial charge in [0.1, 0.15) is 5.54 Å². The summed E-state index contributed by atoms with van der Waals surface area (Å²) < 4.78 is 0. The topological polar surface area (TPSA) is 49.4 Å². The van der Waals surface area contributed by atoms with Crippen LogP contribution in [0.15, 0.2) is 16.8 Å². The Labute approximate surface area is 111 Å². The van der Waals surface area contributed by atoms with Crippen LogP contribution in [0.1, 0.15) is 25.8 Å². The van der Waals surface area contributed by atoms with Crippen molar-refractivity contribution in [1.82, 2.24) is 10.2 Å². The van der Waals surface area contributed by atoms with Crippen molar-refractivity contribution < 1.29 is 9.59 Å². The fourth-order valence-corrected chi connectivity index (χ4v) is 2.81. The van der Waals surface area contributed by atoms with Crippen LogP contribution in [0, 0.1) is 0 Å². The summed E-state index contributed by atoms with van der Waals surface area (Å²) >= 11 is 1.66. The largest absolute Gasteiger partial charge is 0.342 e. The van der Waals surface area contributed by atoms with Gasteiger partial charge in [0.15, 0.2) is 0 Å². The normalized spacial score (nSPS) is 19.6. The molecule has 0 aromatic carbocycles. The lowest BCUT2D eigenvalue weighted by atomic mass is 10.0. The van der Waals surface area contributed by atoms with Gasteiger partial charge in [-0.2, -0.15) is 11.3 Å². The van der Waals surface area contributed by atoms with E-state index in [-0.39, 0.29) is 11.8 Å². The van der Waals surface area contributed by atoms with E-state index in [2.05, 4.69) is 16.8 Å². The maximum Gasteiger partial charge on any atom is 0.247 e. The second-order valence-electron chi connectivity index (χ2n) is 5.10. The van der Waals surface area contributed by atoms with Crippen molar-refractivity contribution >= 4 is 23.2 Å². The second kappa shape index (κ2) is 5.10. The number of hydrogen-bond donors (Lipinski definition) is 1. The zero-order valence-corrected chi connectivity index (χ0v) is 11.5. The molecule has 1 aliphatic heterocycles. The minimum Gasteiger partial charge on any atom is -0.342 e. The van der Waals surface area contributed by atoms with Gasteiger partial charge in [-0.1, -0.05) is 0 Å². The Bertz CT molecular complexity index is 440. The van der Waals surface area contributed by atoms with Crippen LogP contribution in [-0.4, -0.2) is 35.3 Å². The molecule has 0 saturated carbocycles. The highest BCUT2D eigenvalue weighted by atomic mass is 32.1. The van der Waals surface area contributed by atoms with Crippen LogP contribution in [0.2, 0.25) is 0 Å². The van der Waals surface area contributed by atoms with E-state index in [4.69, 9.17) is 0 Å². The molecule has 0 unspecified atom stereocenters. The Hall–Kier alpha value is -1.36. The van der Waals surface area contributed by atoms with Gasteiger partial charge in [0.05, 0.1) is 0 Å². The number of nitrogens with zero attached hydrogens (tertiary/aromatic N) is 1. The molecule has 0 bridgehead atoms. The third-order valence-corrected chi connectivity index (χ3v) is 3.87. The third kappa shape index (κ3) is 2.90. The summed E-state index contributed by atoms with van der Waals surface area (Å²) in [5, 5.41) is 6.89. The third-order valence-electron chi connectivity index (χ3n) is 3.13. The molecule has 1 aromatic rings. The van der Waals surface area contributed by atoms with Crippen molar-refractivity contribution in [3.05, 3.63) is 22.4 Å². The summed E-state index contributed by atoms with van der Waals surface area (Å²) in [4.78, 5) is 25.6. The van der Waals surface area contributed by atoms with Crippen molar-refractivity contribution in [2.24, 2.45) is 0 Å². The Morgan fingerprint density at radius 3 is 2.89 bits per heavy atom. The predicted molar refractivity (Wildman–Crippen MR) is 71.4 cm³/mol. The van der Waals surface area contributed by atoms with E-state index in [1.54, 1.807) is 30.1 Å². The van der Waals surface area contributed by atoms with E-state index in [1.165, 1.54) is 5.56 Å². The Balaban J connectivity index is 2.02. The first kappa shape index (κ1) is 13.1. The smallest absolute Gasteiger partial charge is 0.247 e. The molecular weight excluding hydrogens is 248 g/mol. The van der Waals surface area contributed by atoms with Crippen molar-refractivity contribution in [3.63, 3.8) is 0 Å². The van der Waals surface area contributed by atoms with Crippen molar-refractivity contribution in [3.8, 4) is 0 Å². The SMILES string of the molecule is CC1(C)NC(=O)CCN(CCc2ccsc2)C1=O. The molecule has 1 aromatic heterocycles. The van der Waals surface area contributed by atoms with Crippen LogP contribution in [0.25, 0.3) is 0 Å². The molecule has 0 spiro atoms. The molecule has 4 nitrogen and oxygen atoms in total. The Morgan fingerprint density at radius 2 is 2.22 bits per heavy atom.